The van der Waals surface area contributed by atoms with E-state index in [0.29, 0.717) is 5.56 Å². The molecular formula is C10H15NO2. The second-order valence-corrected chi connectivity index (χ2v) is 2.71. The summed E-state index contributed by atoms with van der Waals surface area (Å²) in [4.78, 5) is 10.7. The van der Waals surface area contributed by atoms with Crippen molar-refractivity contribution in [3.05, 3.63) is 35.4 Å². The van der Waals surface area contributed by atoms with Crippen molar-refractivity contribution >= 4 is 5.97 Å². The van der Waals surface area contributed by atoms with Gasteiger partial charge in [-0.1, -0.05) is 31.5 Å². The third-order valence-corrected chi connectivity index (χ3v) is 1.77. The summed E-state index contributed by atoms with van der Waals surface area (Å²) in [7, 11) is 0. The molecule has 0 aliphatic heterocycles. The van der Waals surface area contributed by atoms with Gasteiger partial charge in [-0.3, -0.25) is 0 Å². The maximum absolute atomic E-state index is 10.7. The van der Waals surface area contributed by atoms with E-state index in [1.807, 2.05) is 19.1 Å². The van der Waals surface area contributed by atoms with Crippen molar-refractivity contribution in [1.29, 1.82) is 0 Å². The Morgan fingerprint density at radius 2 is 2.00 bits per heavy atom. The van der Waals surface area contributed by atoms with Crippen molar-refractivity contribution in [3.8, 4) is 0 Å². The minimum Gasteiger partial charge on any atom is -0.478 e. The molecule has 0 spiro atoms. The van der Waals surface area contributed by atoms with Crippen molar-refractivity contribution in [2.45, 2.75) is 19.8 Å². The summed E-state index contributed by atoms with van der Waals surface area (Å²) in [5.74, 6) is -0.834. The predicted octanol–water partition coefficient (Wildman–Crippen LogP) is 2.50. The number of aryl methyl sites for hydroxylation is 1. The Balaban J connectivity index is 0.00000144. The second-order valence-electron chi connectivity index (χ2n) is 2.71. The Morgan fingerprint density at radius 3 is 2.54 bits per heavy atom. The molecule has 0 heterocycles. The third-order valence-electron chi connectivity index (χ3n) is 1.77. The summed E-state index contributed by atoms with van der Waals surface area (Å²) < 4.78 is 0. The smallest absolute Gasteiger partial charge is 0.335 e. The van der Waals surface area contributed by atoms with E-state index in [9.17, 15) is 4.79 Å². The molecule has 0 saturated heterocycles. The topological polar surface area (TPSA) is 72.3 Å². The number of benzene rings is 1. The van der Waals surface area contributed by atoms with E-state index >= 15 is 0 Å². The normalized spacial score (nSPS) is 9.00. The molecule has 13 heavy (non-hydrogen) atoms. The molecule has 0 radical (unpaired) electrons. The lowest BCUT2D eigenvalue weighted by Crippen LogP contribution is -2.01. The maximum Gasteiger partial charge on any atom is 0.335 e. The molecule has 1 rings (SSSR count). The number of hydrogen-bond donors (Lipinski definition) is 2. The molecule has 72 valence electrons. The van der Waals surface area contributed by atoms with Crippen LogP contribution in [0.5, 0.6) is 0 Å². The molecular weight excluding hydrogens is 166 g/mol. The zero-order valence-corrected chi connectivity index (χ0v) is 7.79. The average Bonchev–Trinajstić information content (AvgIpc) is 2.05. The van der Waals surface area contributed by atoms with Crippen LogP contribution in [0.1, 0.15) is 29.3 Å². The van der Waals surface area contributed by atoms with Crippen molar-refractivity contribution in [3.63, 3.8) is 0 Å². The van der Waals surface area contributed by atoms with Gasteiger partial charge in [-0.05, 0) is 18.1 Å². The van der Waals surface area contributed by atoms with Gasteiger partial charge in [0.05, 0.1) is 5.56 Å². The first-order valence-corrected chi connectivity index (χ1v) is 4.07. The van der Waals surface area contributed by atoms with Gasteiger partial charge in [-0.25, -0.2) is 4.79 Å². The minimum atomic E-state index is -0.834. The summed E-state index contributed by atoms with van der Waals surface area (Å²) in [6, 6.07) is 7.14. The zero-order chi connectivity index (χ0) is 8.97. The van der Waals surface area contributed by atoms with Crippen LogP contribution in [-0.2, 0) is 6.42 Å². The van der Waals surface area contributed by atoms with Crippen LogP contribution in [0, 0.1) is 0 Å². The van der Waals surface area contributed by atoms with Crippen molar-refractivity contribution < 1.29 is 9.90 Å². The first-order valence-electron chi connectivity index (χ1n) is 4.07. The van der Waals surface area contributed by atoms with Gasteiger partial charge < -0.3 is 11.3 Å². The number of carboxylic acids is 1. The highest BCUT2D eigenvalue weighted by Gasteiger charge is 2.06. The van der Waals surface area contributed by atoms with E-state index in [1.165, 1.54) is 0 Å². The summed E-state index contributed by atoms with van der Waals surface area (Å²) in [5.41, 5.74) is 1.35. The van der Waals surface area contributed by atoms with Crippen LogP contribution in [0.25, 0.3) is 0 Å². The van der Waals surface area contributed by atoms with Gasteiger partial charge >= 0.3 is 5.97 Å². The van der Waals surface area contributed by atoms with Crippen LogP contribution in [-0.4, -0.2) is 11.1 Å². The van der Waals surface area contributed by atoms with Crippen LogP contribution < -0.4 is 6.15 Å². The van der Waals surface area contributed by atoms with Crippen molar-refractivity contribution in [2.24, 2.45) is 0 Å². The molecule has 0 aromatic heterocycles. The summed E-state index contributed by atoms with van der Waals surface area (Å²) in [6.07, 6.45) is 1.81. The monoisotopic (exact) mass is 181 g/mol. The van der Waals surface area contributed by atoms with E-state index in [0.717, 1.165) is 18.4 Å². The zero-order valence-electron chi connectivity index (χ0n) is 7.79. The van der Waals surface area contributed by atoms with E-state index in [-0.39, 0.29) is 6.15 Å². The molecule has 4 N–H and O–H groups in total. The van der Waals surface area contributed by atoms with Crippen LogP contribution in [0.3, 0.4) is 0 Å². The van der Waals surface area contributed by atoms with Gasteiger partial charge in [0, 0.05) is 0 Å². The first kappa shape index (κ1) is 11.6. The average molecular weight is 181 g/mol. The standard InChI is InChI=1S/C10H12O2.H3N/c1-2-5-8-6-3-4-7-9(8)10(11)12;/h3-4,6-7H,2,5H2,1H3,(H,11,12);1H3. The van der Waals surface area contributed by atoms with Crippen LogP contribution in [0.4, 0.5) is 0 Å². The number of carbonyl (C=O) groups is 1. The summed E-state index contributed by atoms with van der Waals surface area (Å²) in [6.45, 7) is 2.04. The molecule has 0 saturated carbocycles. The molecule has 0 aliphatic carbocycles. The quantitative estimate of drug-likeness (QED) is 0.752. The molecule has 0 aliphatic rings. The fourth-order valence-corrected chi connectivity index (χ4v) is 1.22. The molecule has 0 amide bonds. The molecule has 0 bridgehead atoms. The number of aromatic carboxylic acids is 1. The highest BCUT2D eigenvalue weighted by Crippen LogP contribution is 2.10. The fraction of sp³-hybridized carbons (Fsp3) is 0.300. The predicted molar refractivity (Wildman–Crippen MR) is 52.4 cm³/mol. The van der Waals surface area contributed by atoms with Gasteiger partial charge in [0.2, 0.25) is 0 Å². The van der Waals surface area contributed by atoms with Gasteiger partial charge in [-0.15, -0.1) is 0 Å². The number of hydrogen-bond acceptors (Lipinski definition) is 2. The van der Waals surface area contributed by atoms with Crippen molar-refractivity contribution in [1.82, 2.24) is 6.15 Å². The molecule has 0 fully saturated rings. The Morgan fingerprint density at radius 1 is 1.38 bits per heavy atom. The second kappa shape index (κ2) is 5.32. The number of carboxylic acid groups (broad SMARTS) is 1. The van der Waals surface area contributed by atoms with Gasteiger partial charge in [0.25, 0.3) is 0 Å². The Kier molecular flexibility index (Phi) is 4.77. The van der Waals surface area contributed by atoms with E-state index in [4.69, 9.17) is 5.11 Å². The fourth-order valence-electron chi connectivity index (χ4n) is 1.22. The Hall–Kier alpha value is -1.35. The highest BCUT2D eigenvalue weighted by atomic mass is 16.4. The van der Waals surface area contributed by atoms with Gasteiger partial charge in [0.15, 0.2) is 0 Å². The van der Waals surface area contributed by atoms with Gasteiger partial charge in [-0.2, -0.15) is 0 Å². The molecule has 3 heteroatoms. The molecule has 1 aromatic carbocycles. The summed E-state index contributed by atoms with van der Waals surface area (Å²) in [5, 5.41) is 8.79. The first-order chi connectivity index (χ1) is 5.75. The van der Waals surface area contributed by atoms with Crippen LogP contribution >= 0.6 is 0 Å². The maximum atomic E-state index is 10.7. The Bertz CT molecular complexity index is 284. The Labute approximate surface area is 78.0 Å². The van der Waals surface area contributed by atoms with E-state index in [2.05, 4.69) is 0 Å². The molecule has 1 aromatic rings. The highest BCUT2D eigenvalue weighted by molar-refractivity contribution is 5.89. The van der Waals surface area contributed by atoms with E-state index < -0.39 is 5.97 Å². The summed E-state index contributed by atoms with van der Waals surface area (Å²) >= 11 is 0. The lowest BCUT2D eigenvalue weighted by atomic mass is 10.0. The largest absolute Gasteiger partial charge is 0.478 e. The molecule has 3 nitrogen and oxygen atoms in total. The molecule has 0 atom stereocenters. The number of rotatable bonds is 3. The lowest BCUT2D eigenvalue weighted by Gasteiger charge is -2.02. The van der Waals surface area contributed by atoms with E-state index in [1.54, 1.807) is 12.1 Å². The third kappa shape index (κ3) is 2.87. The SMILES string of the molecule is CCCc1ccccc1C(=O)O.N. The minimum absolute atomic E-state index is 0. The van der Waals surface area contributed by atoms with Gasteiger partial charge in [0.1, 0.15) is 0 Å². The van der Waals surface area contributed by atoms with Crippen molar-refractivity contribution in [2.75, 3.05) is 0 Å². The van der Waals surface area contributed by atoms with Crippen LogP contribution in [0.2, 0.25) is 0 Å². The lowest BCUT2D eigenvalue weighted by molar-refractivity contribution is 0.0695. The molecule has 0 unspecified atom stereocenters. The van der Waals surface area contributed by atoms with Crippen LogP contribution in [0.15, 0.2) is 24.3 Å².